The summed E-state index contributed by atoms with van der Waals surface area (Å²) in [6.07, 6.45) is 3.56. The molecule has 0 bridgehead atoms. The number of anilines is 2. The van der Waals surface area contributed by atoms with Gasteiger partial charge in [0.15, 0.2) is 5.13 Å². The lowest BCUT2D eigenvalue weighted by Gasteiger charge is -2.39. The second-order valence-corrected chi connectivity index (χ2v) is 9.70. The molecule has 0 unspecified atom stereocenters. The van der Waals surface area contributed by atoms with Crippen LogP contribution in [0.15, 0.2) is 42.0 Å². The second-order valence-electron chi connectivity index (χ2n) is 8.84. The highest BCUT2D eigenvalue weighted by Crippen LogP contribution is 2.32. The Hall–Kier alpha value is -3.34. The molecule has 0 radical (unpaired) electrons. The molecule has 1 aliphatic heterocycles. The van der Waals surface area contributed by atoms with Crippen molar-refractivity contribution in [1.29, 1.82) is 0 Å². The minimum Gasteiger partial charge on any atom is -0.348 e. The maximum atomic E-state index is 13.1. The van der Waals surface area contributed by atoms with Gasteiger partial charge in [0.2, 0.25) is 5.91 Å². The van der Waals surface area contributed by atoms with Crippen molar-refractivity contribution < 1.29 is 18.4 Å². The smallest absolute Gasteiger partial charge is 0.282 e. The normalized spacial score (nSPS) is 15.1. The molecule has 4 rings (SSSR count). The Bertz CT molecular complexity index is 1180. The summed E-state index contributed by atoms with van der Waals surface area (Å²) in [5.74, 6) is -2.98. The van der Waals surface area contributed by atoms with Gasteiger partial charge in [0.05, 0.1) is 30.9 Å². The van der Waals surface area contributed by atoms with Crippen molar-refractivity contribution in [1.82, 2.24) is 19.9 Å². The SMILES string of the molecule is CC(C)(C)n1ccc(C(=O)NCC(=O)Nc2nc(-c3cccc(N4CC(F)(F)C4)n3)cs2)c1. The number of carbonyl (C=O) groups is 2. The maximum Gasteiger partial charge on any atom is 0.282 e. The standard InChI is InChI=1S/C22H24F2N6O2S/c1-21(2,3)30-8-7-14(10-30)19(32)25-9-18(31)28-20-27-16(11-33-20)15-5-4-6-17(26-15)29-12-22(23,24)13-29/h4-8,10-11H,9,12-13H2,1-3H3,(H,25,32)(H,27,28,31). The van der Waals surface area contributed by atoms with E-state index in [2.05, 4.69) is 20.6 Å². The molecule has 4 heterocycles. The van der Waals surface area contributed by atoms with Gasteiger partial charge in [-0.05, 0) is 39.0 Å². The highest BCUT2D eigenvalue weighted by molar-refractivity contribution is 7.14. The van der Waals surface area contributed by atoms with Crippen LogP contribution in [0.5, 0.6) is 0 Å². The van der Waals surface area contributed by atoms with Crippen molar-refractivity contribution in [2.45, 2.75) is 32.2 Å². The summed E-state index contributed by atoms with van der Waals surface area (Å²) in [7, 11) is 0. The Balaban J connectivity index is 1.32. The number of amides is 2. The van der Waals surface area contributed by atoms with Crippen LogP contribution in [-0.4, -0.2) is 51.9 Å². The van der Waals surface area contributed by atoms with E-state index in [-0.39, 0.29) is 31.1 Å². The zero-order chi connectivity index (χ0) is 23.8. The number of rotatable bonds is 6. The Kier molecular flexibility index (Phi) is 5.91. The average Bonchev–Trinajstić information content (AvgIpc) is 3.40. The minimum absolute atomic E-state index is 0.146. The first-order chi connectivity index (χ1) is 15.5. The van der Waals surface area contributed by atoms with Crippen molar-refractivity contribution in [3.63, 3.8) is 0 Å². The van der Waals surface area contributed by atoms with Crippen LogP contribution in [0.1, 0.15) is 31.1 Å². The first-order valence-corrected chi connectivity index (χ1v) is 11.2. The Morgan fingerprint density at radius 2 is 1.91 bits per heavy atom. The monoisotopic (exact) mass is 474 g/mol. The quantitative estimate of drug-likeness (QED) is 0.570. The van der Waals surface area contributed by atoms with Gasteiger partial charge in [-0.3, -0.25) is 9.59 Å². The molecule has 0 aromatic carbocycles. The molecule has 1 fully saturated rings. The van der Waals surface area contributed by atoms with E-state index in [1.807, 2.05) is 31.5 Å². The Morgan fingerprint density at radius 1 is 1.15 bits per heavy atom. The van der Waals surface area contributed by atoms with E-state index in [0.29, 0.717) is 27.9 Å². The number of aromatic nitrogens is 3. The largest absolute Gasteiger partial charge is 0.348 e. The van der Waals surface area contributed by atoms with E-state index in [1.165, 1.54) is 16.2 Å². The fourth-order valence-corrected chi connectivity index (χ4v) is 3.96. The number of hydrogen-bond acceptors (Lipinski definition) is 6. The summed E-state index contributed by atoms with van der Waals surface area (Å²) in [6, 6.07) is 6.83. The van der Waals surface area contributed by atoms with Gasteiger partial charge in [0.25, 0.3) is 11.8 Å². The molecular formula is C22H24F2N6O2S. The van der Waals surface area contributed by atoms with Crippen LogP contribution < -0.4 is 15.5 Å². The molecule has 3 aromatic rings. The van der Waals surface area contributed by atoms with Gasteiger partial charge in [-0.2, -0.15) is 0 Å². The molecule has 1 saturated heterocycles. The van der Waals surface area contributed by atoms with Gasteiger partial charge in [0.1, 0.15) is 11.5 Å². The topological polar surface area (TPSA) is 92.2 Å². The first kappa shape index (κ1) is 22.8. The molecule has 0 saturated carbocycles. The van der Waals surface area contributed by atoms with E-state index in [1.54, 1.807) is 35.8 Å². The predicted molar refractivity (Wildman–Crippen MR) is 123 cm³/mol. The maximum absolute atomic E-state index is 13.1. The highest BCUT2D eigenvalue weighted by Gasteiger charge is 2.44. The number of thiazole rings is 1. The van der Waals surface area contributed by atoms with Crippen molar-refractivity contribution >= 4 is 34.1 Å². The van der Waals surface area contributed by atoms with E-state index >= 15 is 0 Å². The molecule has 1 aliphatic rings. The summed E-state index contributed by atoms with van der Waals surface area (Å²) in [5.41, 5.74) is 1.38. The van der Waals surface area contributed by atoms with Crippen molar-refractivity contribution in [2.24, 2.45) is 0 Å². The van der Waals surface area contributed by atoms with Gasteiger partial charge in [-0.1, -0.05) is 6.07 Å². The molecule has 2 amide bonds. The zero-order valence-corrected chi connectivity index (χ0v) is 19.2. The predicted octanol–water partition coefficient (Wildman–Crippen LogP) is 3.59. The van der Waals surface area contributed by atoms with Crippen molar-refractivity contribution in [2.75, 3.05) is 29.9 Å². The summed E-state index contributed by atoms with van der Waals surface area (Å²) in [4.78, 5) is 34.8. The van der Waals surface area contributed by atoms with Gasteiger partial charge >= 0.3 is 0 Å². The summed E-state index contributed by atoms with van der Waals surface area (Å²) in [6.45, 7) is 5.17. The lowest BCUT2D eigenvalue weighted by atomic mass is 10.1. The summed E-state index contributed by atoms with van der Waals surface area (Å²) >= 11 is 1.21. The first-order valence-electron chi connectivity index (χ1n) is 10.3. The van der Waals surface area contributed by atoms with Gasteiger partial charge < -0.3 is 20.1 Å². The van der Waals surface area contributed by atoms with Gasteiger partial charge in [-0.25, -0.2) is 18.7 Å². The van der Waals surface area contributed by atoms with E-state index in [0.717, 1.165) is 0 Å². The van der Waals surface area contributed by atoms with Crippen LogP contribution in [-0.2, 0) is 10.3 Å². The molecule has 11 heteroatoms. The lowest BCUT2D eigenvalue weighted by molar-refractivity contribution is -0.115. The number of nitrogens with zero attached hydrogens (tertiary/aromatic N) is 4. The van der Waals surface area contributed by atoms with E-state index in [4.69, 9.17) is 0 Å². The van der Waals surface area contributed by atoms with Gasteiger partial charge in [0, 0.05) is 23.3 Å². The van der Waals surface area contributed by atoms with Gasteiger partial charge in [-0.15, -0.1) is 11.3 Å². The number of carbonyl (C=O) groups excluding carboxylic acids is 2. The van der Waals surface area contributed by atoms with Crippen LogP contribution in [0.2, 0.25) is 0 Å². The third kappa shape index (κ3) is 5.36. The molecule has 8 nitrogen and oxygen atoms in total. The number of pyridine rings is 1. The molecule has 0 aliphatic carbocycles. The third-order valence-corrected chi connectivity index (χ3v) is 5.81. The molecule has 2 N–H and O–H groups in total. The molecule has 33 heavy (non-hydrogen) atoms. The number of halogens is 2. The third-order valence-electron chi connectivity index (χ3n) is 5.05. The van der Waals surface area contributed by atoms with Crippen LogP contribution in [0.3, 0.4) is 0 Å². The highest BCUT2D eigenvalue weighted by atomic mass is 32.1. The molecular weight excluding hydrogens is 450 g/mol. The molecule has 0 atom stereocenters. The second kappa shape index (κ2) is 8.54. The number of hydrogen-bond donors (Lipinski definition) is 2. The zero-order valence-electron chi connectivity index (χ0n) is 18.4. The molecule has 3 aromatic heterocycles. The lowest BCUT2D eigenvalue weighted by Crippen LogP contribution is -2.56. The van der Waals surface area contributed by atoms with E-state index < -0.39 is 11.8 Å². The fourth-order valence-electron chi connectivity index (χ4n) is 3.24. The van der Waals surface area contributed by atoms with Crippen molar-refractivity contribution in [3.05, 3.63) is 47.6 Å². The van der Waals surface area contributed by atoms with Crippen LogP contribution in [0.25, 0.3) is 11.4 Å². The van der Waals surface area contributed by atoms with Crippen LogP contribution in [0, 0.1) is 0 Å². The van der Waals surface area contributed by atoms with E-state index in [9.17, 15) is 18.4 Å². The van der Waals surface area contributed by atoms with Crippen molar-refractivity contribution in [3.8, 4) is 11.4 Å². The van der Waals surface area contributed by atoms with Crippen LogP contribution >= 0.6 is 11.3 Å². The van der Waals surface area contributed by atoms with Crippen LogP contribution in [0.4, 0.5) is 19.7 Å². The summed E-state index contributed by atoms with van der Waals surface area (Å²) in [5, 5.41) is 7.32. The fraction of sp³-hybridized carbons (Fsp3) is 0.364. The molecule has 174 valence electrons. The molecule has 0 spiro atoms. The minimum atomic E-state index is -2.68. The number of alkyl halides is 2. The average molecular weight is 475 g/mol. The summed E-state index contributed by atoms with van der Waals surface area (Å²) < 4.78 is 28.2. The Morgan fingerprint density at radius 3 is 2.58 bits per heavy atom. The Labute approximate surface area is 193 Å². The number of nitrogens with one attached hydrogen (secondary N) is 2.